The Hall–Kier alpha value is -0.610. The molecule has 0 spiro atoms. The van der Waals surface area contributed by atoms with Crippen molar-refractivity contribution >= 4 is 5.91 Å². The maximum atomic E-state index is 12.3. The van der Waals surface area contributed by atoms with Gasteiger partial charge >= 0.3 is 0 Å². The minimum absolute atomic E-state index is 0.141. The number of carbonyl (C=O) groups excluding carboxylic acids is 1. The summed E-state index contributed by atoms with van der Waals surface area (Å²) in [5.41, 5.74) is -0.817. The fourth-order valence-corrected chi connectivity index (χ4v) is 2.84. The predicted molar refractivity (Wildman–Crippen MR) is 66.6 cm³/mol. The maximum absolute atomic E-state index is 12.3. The summed E-state index contributed by atoms with van der Waals surface area (Å²) in [6.07, 6.45) is 5.44. The number of rotatable bonds is 4. The molecular formula is C13H24N2O2. The van der Waals surface area contributed by atoms with Gasteiger partial charge in [0.05, 0.1) is 11.0 Å². The van der Waals surface area contributed by atoms with Gasteiger partial charge in [-0.1, -0.05) is 6.92 Å². The van der Waals surface area contributed by atoms with Crippen LogP contribution in [0.5, 0.6) is 0 Å². The first kappa shape index (κ1) is 12.8. The minimum Gasteiger partial charge on any atom is -0.388 e. The van der Waals surface area contributed by atoms with Gasteiger partial charge in [-0.05, 0) is 51.6 Å². The van der Waals surface area contributed by atoms with Gasteiger partial charge in [-0.25, -0.2) is 0 Å². The van der Waals surface area contributed by atoms with Crippen LogP contribution in [0.15, 0.2) is 0 Å². The van der Waals surface area contributed by atoms with E-state index in [1.54, 1.807) is 0 Å². The van der Waals surface area contributed by atoms with E-state index < -0.39 is 5.60 Å². The molecule has 17 heavy (non-hydrogen) atoms. The molecule has 98 valence electrons. The van der Waals surface area contributed by atoms with E-state index in [4.69, 9.17) is 0 Å². The van der Waals surface area contributed by atoms with Gasteiger partial charge in [0.1, 0.15) is 0 Å². The summed E-state index contributed by atoms with van der Waals surface area (Å²) < 4.78 is 0. The van der Waals surface area contributed by atoms with Crippen LogP contribution in [0.3, 0.4) is 0 Å². The monoisotopic (exact) mass is 240 g/mol. The zero-order valence-electron chi connectivity index (χ0n) is 10.7. The highest BCUT2D eigenvalue weighted by Crippen LogP contribution is 2.34. The molecule has 0 aromatic rings. The number of piperidine rings is 1. The molecule has 4 heteroatoms. The Bertz CT molecular complexity index is 281. The Balaban J connectivity index is 1.88. The lowest BCUT2D eigenvalue weighted by atomic mass is 9.75. The topological polar surface area (TPSA) is 61.4 Å². The van der Waals surface area contributed by atoms with Crippen LogP contribution < -0.4 is 10.6 Å². The molecule has 1 aliphatic heterocycles. The third-order valence-electron chi connectivity index (χ3n) is 4.58. The maximum Gasteiger partial charge on any atom is 0.226 e. The Labute approximate surface area is 103 Å². The number of nitrogens with one attached hydrogen (secondary N) is 2. The first-order chi connectivity index (χ1) is 8.10. The van der Waals surface area contributed by atoms with Gasteiger partial charge in [0, 0.05) is 6.54 Å². The van der Waals surface area contributed by atoms with E-state index in [1.165, 1.54) is 0 Å². The molecule has 1 heterocycles. The predicted octanol–water partition coefficient (Wildman–Crippen LogP) is 0.797. The highest BCUT2D eigenvalue weighted by atomic mass is 16.3. The van der Waals surface area contributed by atoms with E-state index in [2.05, 4.69) is 17.6 Å². The van der Waals surface area contributed by atoms with Crippen molar-refractivity contribution in [3.8, 4) is 0 Å². The molecular weight excluding hydrogens is 216 g/mol. The van der Waals surface area contributed by atoms with Crippen molar-refractivity contribution in [2.24, 2.45) is 5.41 Å². The van der Waals surface area contributed by atoms with E-state index in [-0.39, 0.29) is 11.3 Å². The van der Waals surface area contributed by atoms with Crippen molar-refractivity contribution in [1.82, 2.24) is 10.6 Å². The van der Waals surface area contributed by atoms with Crippen LogP contribution in [0, 0.1) is 5.41 Å². The largest absolute Gasteiger partial charge is 0.388 e. The van der Waals surface area contributed by atoms with E-state index >= 15 is 0 Å². The van der Waals surface area contributed by atoms with Crippen molar-refractivity contribution in [3.63, 3.8) is 0 Å². The van der Waals surface area contributed by atoms with E-state index in [1.807, 2.05) is 0 Å². The summed E-state index contributed by atoms with van der Waals surface area (Å²) in [5, 5.41) is 16.3. The van der Waals surface area contributed by atoms with Gasteiger partial charge in [-0.15, -0.1) is 0 Å². The van der Waals surface area contributed by atoms with E-state index in [9.17, 15) is 9.90 Å². The molecule has 0 aromatic carbocycles. The molecule has 0 atom stereocenters. The Morgan fingerprint density at radius 1 is 1.29 bits per heavy atom. The molecule has 1 saturated heterocycles. The lowest BCUT2D eigenvalue weighted by Gasteiger charge is -2.39. The molecule has 3 N–H and O–H groups in total. The second-order valence-electron chi connectivity index (χ2n) is 5.64. The summed E-state index contributed by atoms with van der Waals surface area (Å²) in [5.74, 6) is 0.141. The average Bonchev–Trinajstić information content (AvgIpc) is 2.34. The number of hydrogen-bond donors (Lipinski definition) is 3. The molecule has 0 bridgehead atoms. The highest BCUT2D eigenvalue weighted by Gasteiger charge is 2.40. The molecule has 2 rings (SSSR count). The second kappa shape index (κ2) is 4.94. The second-order valence-corrected chi connectivity index (χ2v) is 5.64. The number of hydrogen-bond acceptors (Lipinski definition) is 3. The first-order valence-electron chi connectivity index (χ1n) is 6.82. The lowest BCUT2D eigenvalue weighted by Crippen LogP contribution is -2.53. The first-order valence-corrected chi connectivity index (χ1v) is 6.82. The van der Waals surface area contributed by atoms with Crippen molar-refractivity contribution in [3.05, 3.63) is 0 Å². The molecule has 0 unspecified atom stereocenters. The van der Waals surface area contributed by atoms with E-state index in [0.717, 1.165) is 51.6 Å². The van der Waals surface area contributed by atoms with Gasteiger partial charge in [0.2, 0.25) is 5.91 Å². The smallest absolute Gasteiger partial charge is 0.226 e. The van der Waals surface area contributed by atoms with Gasteiger partial charge in [0.15, 0.2) is 0 Å². The zero-order valence-corrected chi connectivity index (χ0v) is 10.7. The molecule has 2 fully saturated rings. The van der Waals surface area contributed by atoms with Crippen LogP contribution in [-0.4, -0.2) is 36.2 Å². The summed E-state index contributed by atoms with van der Waals surface area (Å²) in [6, 6.07) is 0. The lowest BCUT2D eigenvalue weighted by molar-refractivity contribution is -0.135. The Morgan fingerprint density at radius 3 is 2.41 bits per heavy atom. The average molecular weight is 240 g/mol. The van der Waals surface area contributed by atoms with Crippen LogP contribution in [-0.2, 0) is 4.79 Å². The normalized spacial score (nSPS) is 26.0. The van der Waals surface area contributed by atoms with Crippen LogP contribution in [0.2, 0.25) is 0 Å². The van der Waals surface area contributed by atoms with Gasteiger partial charge in [0.25, 0.3) is 0 Å². The van der Waals surface area contributed by atoms with Crippen molar-refractivity contribution in [1.29, 1.82) is 0 Å². The van der Waals surface area contributed by atoms with Gasteiger partial charge in [-0.3, -0.25) is 4.79 Å². The summed E-state index contributed by atoms with van der Waals surface area (Å²) in [6.45, 7) is 4.36. The quantitative estimate of drug-likeness (QED) is 0.681. The van der Waals surface area contributed by atoms with Gasteiger partial charge in [-0.2, -0.15) is 0 Å². The minimum atomic E-state index is -0.614. The summed E-state index contributed by atoms with van der Waals surface area (Å²) >= 11 is 0. The zero-order chi connectivity index (χ0) is 12.4. The summed E-state index contributed by atoms with van der Waals surface area (Å²) in [4.78, 5) is 12.3. The Morgan fingerprint density at radius 2 is 1.94 bits per heavy atom. The SMILES string of the molecule is CCC1(C(=O)NCC2(O)CCC2)CCNCC1. The van der Waals surface area contributed by atoms with Crippen LogP contribution in [0.4, 0.5) is 0 Å². The van der Waals surface area contributed by atoms with Crippen molar-refractivity contribution < 1.29 is 9.90 Å². The van der Waals surface area contributed by atoms with E-state index in [0.29, 0.717) is 6.54 Å². The third kappa shape index (κ3) is 2.63. The van der Waals surface area contributed by atoms with Crippen LogP contribution >= 0.6 is 0 Å². The van der Waals surface area contributed by atoms with Crippen molar-refractivity contribution in [2.45, 2.75) is 51.0 Å². The molecule has 4 nitrogen and oxygen atoms in total. The molecule has 0 radical (unpaired) electrons. The Kier molecular flexibility index (Phi) is 3.73. The fraction of sp³-hybridized carbons (Fsp3) is 0.923. The fourth-order valence-electron chi connectivity index (χ4n) is 2.84. The number of amides is 1. The van der Waals surface area contributed by atoms with Crippen molar-refractivity contribution in [2.75, 3.05) is 19.6 Å². The van der Waals surface area contributed by atoms with Crippen LogP contribution in [0.1, 0.15) is 45.4 Å². The highest BCUT2D eigenvalue weighted by molar-refractivity contribution is 5.82. The molecule has 1 amide bonds. The molecule has 0 aromatic heterocycles. The third-order valence-corrected chi connectivity index (χ3v) is 4.58. The number of carbonyl (C=O) groups is 1. The standard InChI is InChI=1S/C13H24N2O2/c1-2-12(6-8-14-9-7-12)11(16)15-10-13(17)4-3-5-13/h14,17H,2-10H2,1H3,(H,15,16). The summed E-state index contributed by atoms with van der Waals surface area (Å²) in [7, 11) is 0. The van der Waals surface area contributed by atoms with Crippen LogP contribution in [0.25, 0.3) is 0 Å². The molecule has 1 aliphatic carbocycles. The molecule has 2 aliphatic rings. The molecule has 1 saturated carbocycles. The van der Waals surface area contributed by atoms with Gasteiger partial charge < -0.3 is 15.7 Å². The number of aliphatic hydroxyl groups is 1.